The predicted octanol–water partition coefficient (Wildman–Crippen LogP) is 5.61. The van der Waals surface area contributed by atoms with E-state index in [4.69, 9.17) is 4.98 Å². The fourth-order valence-electron chi connectivity index (χ4n) is 5.26. The summed E-state index contributed by atoms with van der Waals surface area (Å²) < 4.78 is 0. The largest absolute Gasteiger partial charge is 0.337 e. The van der Waals surface area contributed by atoms with Gasteiger partial charge in [-0.05, 0) is 67.4 Å². The Morgan fingerprint density at radius 2 is 1.70 bits per heavy atom. The van der Waals surface area contributed by atoms with E-state index in [9.17, 15) is 0 Å². The molecular weight excluding hydrogens is 460 g/mol. The Balaban J connectivity index is 1.26. The number of pyridine rings is 3. The molecule has 2 N–H and O–H groups in total. The maximum absolute atomic E-state index is 4.96. The third-order valence-corrected chi connectivity index (χ3v) is 7.13. The summed E-state index contributed by atoms with van der Waals surface area (Å²) in [7, 11) is 0. The number of benzene rings is 1. The molecule has 0 spiro atoms. The Morgan fingerprint density at radius 3 is 2.59 bits per heavy atom. The fourth-order valence-corrected chi connectivity index (χ4v) is 5.26. The molecule has 0 saturated carbocycles. The lowest BCUT2D eigenvalue weighted by Gasteiger charge is -2.26. The van der Waals surface area contributed by atoms with Gasteiger partial charge in [0.2, 0.25) is 0 Å². The lowest BCUT2D eigenvalue weighted by molar-refractivity contribution is 0.220. The Labute approximate surface area is 213 Å². The van der Waals surface area contributed by atoms with Crippen LogP contribution in [-0.2, 0) is 6.54 Å². The Kier molecular flexibility index (Phi) is 5.44. The minimum absolute atomic E-state index is 0.707. The molecule has 6 aromatic rings. The summed E-state index contributed by atoms with van der Waals surface area (Å²) in [6, 6.07) is 14.5. The van der Waals surface area contributed by atoms with Gasteiger partial charge in [-0.25, -0.2) is 9.97 Å². The number of likely N-dealkylation sites (tertiary alicyclic amines) is 1. The van der Waals surface area contributed by atoms with Crippen molar-refractivity contribution in [1.82, 2.24) is 40.0 Å². The van der Waals surface area contributed by atoms with Gasteiger partial charge in [0.1, 0.15) is 5.69 Å². The average Bonchev–Trinajstić information content (AvgIpc) is 3.58. The number of nitrogens with zero attached hydrogens (tertiary/aromatic N) is 6. The first-order chi connectivity index (χ1) is 18.3. The highest BCUT2D eigenvalue weighted by Gasteiger charge is 2.17. The zero-order valence-corrected chi connectivity index (χ0v) is 20.4. The van der Waals surface area contributed by atoms with E-state index in [1.54, 1.807) is 12.4 Å². The molecule has 1 fully saturated rings. The Hall–Kier alpha value is -4.43. The molecule has 0 bridgehead atoms. The molecule has 6 heterocycles. The molecule has 1 saturated heterocycles. The summed E-state index contributed by atoms with van der Waals surface area (Å²) in [6.07, 6.45) is 13.3. The molecule has 0 aliphatic carbocycles. The molecule has 0 unspecified atom stereocenters. The Morgan fingerprint density at radius 1 is 0.838 bits per heavy atom. The first-order valence-electron chi connectivity index (χ1n) is 12.7. The standard InChI is InChI=1S/C29H26N8/c1-2-11-37(12-3-1)18-19-13-21(16-31-15-19)22-14-24-27(35-36-28(24)32-17-22)29-33-25-6-4-5-23(26(25)34-29)20-7-9-30-10-8-20/h4-10,13-17H,1-3,11-12,18H2,(H,33,34)(H,32,35,36). The van der Waals surface area contributed by atoms with Gasteiger partial charge in [-0.15, -0.1) is 0 Å². The second-order valence-corrected chi connectivity index (χ2v) is 9.63. The van der Waals surface area contributed by atoms with Gasteiger partial charge in [-0.1, -0.05) is 18.6 Å². The quantitative estimate of drug-likeness (QED) is 0.329. The van der Waals surface area contributed by atoms with Crippen LogP contribution in [0.1, 0.15) is 24.8 Å². The number of para-hydroxylation sites is 1. The van der Waals surface area contributed by atoms with Gasteiger partial charge < -0.3 is 4.98 Å². The SMILES string of the molecule is c1cc(-c2ccncc2)c2nc(-c3n[nH]c4ncc(-c5cncc(CN6CCCCC6)c5)cc34)[nH]c2c1. The summed E-state index contributed by atoms with van der Waals surface area (Å²) >= 11 is 0. The number of piperidine rings is 1. The molecule has 1 aliphatic rings. The molecule has 0 atom stereocenters. The van der Waals surface area contributed by atoms with Crippen molar-refractivity contribution in [2.24, 2.45) is 0 Å². The van der Waals surface area contributed by atoms with Crippen LogP contribution in [0.2, 0.25) is 0 Å². The second kappa shape index (κ2) is 9.22. The molecule has 7 rings (SSSR count). The van der Waals surface area contributed by atoms with Crippen molar-refractivity contribution in [3.8, 4) is 33.8 Å². The molecule has 8 nitrogen and oxygen atoms in total. The van der Waals surface area contributed by atoms with Crippen molar-refractivity contribution in [1.29, 1.82) is 0 Å². The van der Waals surface area contributed by atoms with Gasteiger partial charge in [0, 0.05) is 54.2 Å². The highest BCUT2D eigenvalue weighted by molar-refractivity contribution is 5.97. The van der Waals surface area contributed by atoms with E-state index in [-0.39, 0.29) is 0 Å². The molecule has 8 heteroatoms. The highest BCUT2D eigenvalue weighted by Crippen LogP contribution is 2.32. The van der Waals surface area contributed by atoms with Crippen LogP contribution in [0.25, 0.3) is 55.8 Å². The van der Waals surface area contributed by atoms with E-state index in [1.807, 2.05) is 42.9 Å². The first kappa shape index (κ1) is 21.8. The van der Waals surface area contributed by atoms with Crippen molar-refractivity contribution >= 4 is 22.1 Å². The predicted molar refractivity (Wildman–Crippen MR) is 145 cm³/mol. The molecule has 0 amide bonds. The summed E-state index contributed by atoms with van der Waals surface area (Å²) in [5.74, 6) is 0.707. The van der Waals surface area contributed by atoms with Crippen molar-refractivity contribution < 1.29 is 0 Å². The van der Waals surface area contributed by atoms with Gasteiger partial charge in [-0.3, -0.25) is 20.0 Å². The number of imidazole rings is 1. The number of aromatic amines is 2. The minimum Gasteiger partial charge on any atom is -0.337 e. The first-order valence-corrected chi connectivity index (χ1v) is 12.7. The molecule has 5 aromatic heterocycles. The number of H-pyrrole nitrogens is 2. The molecule has 182 valence electrons. The minimum atomic E-state index is 0.707. The van der Waals surface area contributed by atoms with Gasteiger partial charge in [0.25, 0.3) is 0 Å². The van der Waals surface area contributed by atoms with Gasteiger partial charge >= 0.3 is 0 Å². The third kappa shape index (κ3) is 4.15. The number of fused-ring (bicyclic) bond motifs is 2. The highest BCUT2D eigenvalue weighted by atomic mass is 15.2. The third-order valence-electron chi connectivity index (χ3n) is 7.13. The maximum atomic E-state index is 4.96. The normalized spacial score (nSPS) is 14.5. The van der Waals surface area contributed by atoms with Crippen LogP contribution >= 0.6 is 0 Å². The van der Waals surface area contributed by atoms with E-state index in [0.717, 1.165) is 69.6 Å². The topological polar surface area (TPSA) is 99.3 Å². The second-order valence-electron chi connectivity index (χ2n) is 9.63. The zero-order valence-electron chi connectivity index (χ0n) is 20.4. The van der Waals surface area contributed by atoms with Crippen LogP contribution in [0.4, 0.5) is 0 Å². The lowest BCUT2D eigenvalue weighted by Crippen LogP contribution is -2.29. The number of rotatable bonds is 5. The summed E-state index contributed by atoms with van der Waals surface area (Å²) in [5.41, 5.74) is 8.76. The van der Waals surface area contributed by atoms with Crippen molar-refractivity contribution in [2.45, 2.75) is 25.8 Å². The lowest BCUT2D eigenvalue weighted by atomic mass is 10.1. The van der Waals surface area contributed by atoms with Crippen LogP contribution in [0.3, 0.4) is 0 Å². The zero-order chi connectivity index (χ0) is 24.6. The van der Waals surface area contributed by atoms with Crippen molar-refractivity contribution in [3.63, 3.8) is 0 Å². The molecular formula is C29H26N8. The number of nitrogens with one attached hydrogen (secondary N) is 2. The van der Waals surface area contributed by atoms with E-state index >= 15 is 0 Å². The number of aromatic nitrogens is 7. The monoisotopic (exact) mass is 486 g/mol. The van der Waals surface area contributed by atoms with E-state index in [0.29, 0.717) is 5.82 Å². The smallest absolute Gasteiger partial charge is 0.159 e. The summed E-state index contributed by atoms with van der Waals surface area (Å²) in [4.78, 5) is 24.3. The maximum Gasteiger partial charge on any atom is 0.159 e. The van der Waals surface area contributed by atoms with Crippen LogP contribution in [0.5, 0.6) is 0 Å². The van der Waals surface area contributed by atoms with Crippen molar-refractivity contribution in [3.05, 3.63) is 79.0 Å². The summed E-state index contributed by atoms with van der Waals surface area (Å²) in [6.45, 7) is 3.26. The average molecular weight is 487 g/mol. The molecule has 1 aromatic carbocycles. The van der Waals surface area contributed by atoms with Crippen LogP contribution in [0.15, 0.2) is 73.4 Å². The van der Waals surface area contributed by atoms with Gasteiger partial charge in [0.15, 0.2) is 11.5 Å². The van der Waals surface area contributed by atoms with Crippen LogP contribution in [-0.4, -0.2) is 53.1 Å². The van der Waals surface area contributed by atoms with E-state index in [1.165, 1.54) is 24.8 Å². The van der Waals surface area contributed by atoms with Crippen molar-refractivity contribution in [2.75, 3.05) is 13.1 Å². The Bertz CT molecular complexity index is 1700. The van der Waals surface area contributed by atoms with Crippen LogP contribution in [0, 0.1) is 0 Å². The summed E-state index contributed by atoms with van der Waals surface area (Å²) in [5, 5.41) is 8.57. The number of hydrogen-bond acceptors (Lipinski definition) is 6. The van der Waals surface area contributed by atoms with Gasteiger partial charge in [-0.2, -0.15) is 5.10 Å². The van der Waals surface area contributed by atoms with Crippen LogP contribution < -0.4 is 0 Å². The van der Waals surface area contributed by atoms with E-state index < -0.39 is 0 Å². The molecule has 37 heavy (non-hydrogen) atoms. The fraction of sp³-hybridized carbons (Fsp3) is 0.207. The van der Waals surface area contributed by atoms with Gasteiger partial charge in [0.05, 0.1) is 16.4 Å². The number of hydrogen-bond donors (Lipinski definition) is 2. The molecule has 0 radical (unpaired) electrons. The molecule has 1 aliphatic heterocycles. The van der Waals surface area contributed by atoms with E-state index in [2.05, 4.69) is 53.2 Å².